The van der Waals surface area contributed by atoms with Gasteiger partial charge in [-0.15, -0.1) is 0 Å². The van der Waals surface area contributed by atoms with E-state index in [1.807, 2.05) is 27.7 Å². The summed E-state index contributed by atoms with van der Waals surface area (Å²) < 4.78 is 5.69. The zero-order valence-corrected chi connectivity index (χ0v) is 15.1. The Balaban J connectivity index is 0.00000127. The third-order valence-electron chi connectivity index (χ3n) is 3.83. The van der Waals surface area contributed by atoms with E-state index in [0.717, 1.165) is 12.0 Å². The first-order valence-electron chi connectivity index (χ1n) is 8.51. The van der Waals surface area contributed by atoms with Gasteiger partial charge in [0.15, 0.2) is 0 Å². The summed E-state index contributed by atoms with van der Waals surface area (Å²) in [5, 5.41) is 8.89. The summed E-state index contributed by atoms with van der Waals surface area (Å²) in [5.41, 5.74) is 4.53. The Morgan fingerprint density at radius 1 is 0.870 bits per heavy atom. The molecule has 0 saturated heterocycles. The van der Waals surface area contributed by atoms with Gasteiger partial charge >= 0.3 is 0 Å². The van der Waals surface area contributed by atoms with Crippen molar-refractivity contribution in [2.75, 3.05) is 13.2 Å². The Morgan fingerprint density at radius 3 is 1.78 bits per heavy atom. The van der Waals surface area contributed by atoms with Crippen LogP contribution in [-0.4, -0.2) is 18.3 Å². The molecule has 2 aromatic rings. The normalized spacial score (nSPS) is 10.9. The van der Waals surface area contributed by atoms with Gasteiger partial charge in [0.1, 0.15) is 0 Å². The average molecular weight is 314 g/mol. The number of hydrogen-bond donors (Lipinski definition) is 1. The van der Waals surface area contributed by atoms with Crippen molar-refractivity contribution in [3.05, 3.63) is 59.7 Å². The summed E-state index contributed by atoms with van der Waals surface area (Å²) in [7, 11) is 0. The van der Waals surface area contributed by atoms with Gasteiger partial charge < -0.3 is 9.84 Å². The van der Waals surface area contributed by atoms with E-state index in [1.165, 1.54) is 16.7 Å². The van der Waals surface area contributed by atoms with Crippen LogP contribution < -0.4 is 0 Å². The maximum Gasteiger partial charge on any atom is 0.0876 e. The molecule has 0 heterocycles. The maximum atomic E-state index is 8.89. The minimum absolute atomic E-state index is 0.0469. The summed E-state index contributed by atoms with van der Waals surface area (Å²) in [6, 6.07) is 17.1. The van der Waals surface area contributed by atoms with E-state index in [4.69, 9.17) is 9.84 Å². The molecule has 0 saturated carbocycles. The number of aliphatic hydroxyl groups excluding tert-OH is 1. The Hall–Kier alpha value is -1.64. The lowest BCUT2D eigenvalue weighted by Gasteiger charge is -2.25. The van der Waals surface area contributed by atoms with Gasteiger partial charge in [-0.25, -0.2) is 0 Å². The second kappa shape index (κ2) is 9.49. The topological polar surface area (TPSA) is 29.5 Å². The molecular formula is C21H30O2. The van der Waals surface area contributed by atoms with Gasteiger partial charge in [-0.2, -0.15) is 0 Å². The Bertz CT molecular complexity index is 553. The Morgan fingerprint density at radius 2 is 1.35 bits per heavy atom. The quantitative estimate of drug-likeness (QED) is 0.795. The molecular weight excluding hydrogens is 284 g/mol. The molecule has 23 heavy (non-hydrogen) atoms. The number of hydrogen-bond acceptors (Lipinski definition) is 2. The van der Waals surface area contributed by atoms with Crippen LogP contribution in [0.5, 0.6) is 0 Å². The molecule has 0 aliphatic carbocycles. The van der Waals surface area contributed by atoms with Crippen molar-refractivity contribution >= 4 is 0 Å². The smallest absolute Gasteiger partial charge is 0.0876 e. The van der Waals surface area contributed by atoms with Crippen molar-refractivity contribution in [3.8, 4) is 11.1 Å². The Kier molecular flexibility index (Phi) is 8.01. The zero-order valence-electron chi connectivity index (χ0n) is 15.1. The Labute approximate surface area is 141 Å². The summed E-state index contributed by atoms with van der Waals surface area (Å²) >= 11 is 0. The summed E-state index contributed by atoms with van der Waals surface area (Å²) in [5.74, 6) is 0. The highest BCUT2D eigenvalue weighted by molar-refractivity contribution is 5.64. The van der Waals surface area contributed by atoms with E-state index in [-0.39, 0.29) is 12.2 Å². The van der Waals surface area contributed by atoms with Crippen LogP contribution in [0.25, 0.3) is 11.1 Å². The molecule has 0 aliphatic rings. The largest absolute Gasteiger partial charge is 0.394 e. The predicted molar refractivity (Wildman–Crippen MR) is 98.7 cm³/mol. The highest BCUT2D eigenvalue weighted by Gasteiger charge is 2.20. The number of aliphatic hydroxyl groups is 1. The second-order valence-corrected chi connectivity index (χ2v) is 5.71. The molecule has 126 valence electrons. The van der Waals surface area contributed by atoms with E-state index in [9.17, 15) is 0 Å². The number of benzene rings is 2. The molecule has 0 bridgehead atoms. The van der Waals surface area contributed by atoms with E-state index < -0.39 is 0 Å². The first-order chi connectivity index (χ1) is 11.1. The molecule has 0 unspecified atom stereocenters. The SMILES string of the molecule is CC.CCc1ccc(-c2ccc(C(C)(C)OCCO)cc2)cc1. The number of rotatable bonds is 6. The molecule has 0 amide bonds. The molecule has 0 fully saturated rings. The fourth-order valence-electron chi connectivity index (χ4n) is 2.38. The van der Waals surface area contributed by atoms with Crippen LogP contribution in [0, 0.1) is 0 Å². The number of ether oxygens (including phenoxy) is 1. The second-order valence-electron chi connectivity index (χ2n) is 5.71. The molecule has 2 nitrogen and oxygen atoms in total. The lowest BCUT2D eigenvalue weighted by Crippen LogP contribution is -2.23. The summed E-state index contributed by atoms with van der Waals surface area (Å²) in [4.78, 5) is 0. The maximum absolute atomic E-state index is 8.89. The van der Waals surface area contributed by atoms with E-state index in [1.54, 1.807) is 0 Å². The van der Waals surface area contributed by atoms with Crippen molar-refractivity contribution < 1.29 is 9.84 Å². The van der Waals surface area contributed by atoms with E-state index in [0.29, 0.717) is 6.61 Å². The fraction of sp³-hybridized carbons (Fsp3) is 0.429. The van der Waals surface area contributed by atoms with Gasteiger partial charge in [0.25, 0.3) is 0 Å². The molecule has 0 aliphatic heterocycles. The summed E-state index contributed by atoms with van der Waals surface area (Å²) in [6.07, 6.45) is 1.07. The zero-order chi connectivity index (χ0) is 17.3. The molecule has 0 spiro atoms. The third-order valence-corrected chi connectivity index (χ3v) is 3.83. The molecule has 0 atom stereocenters. The van der Waals surface area contributed by atoms with Crippen LogP contribution in [-0.2, 0) is 16.8 Å². The van der Waals surface area contributed by atoms with Gasteiger partial charge in [0, 0.05) is 0 Å². The molecule has 2 heteroatoms. The fourth-order valence-corrected chi connectivity index (χ4v) is 2.38. The van der Waals surface area contributed by atoms with Crippen LogP contribution >= 0.6 is 0 Å². The predicted octanol–water partition coefficient (Wildman–Crippen LogP) is 5.19. The molecule has 2 rings (SSSR count). The van der Waals surface area contributed by atoms with Crippen molar-refractivity contribution in [2.24, 2.45) is 0 Å². The highest BCUT2D eigenvalue weighted by Crippen LogP contribution is 2.27. The van der Waals surface area contributed by atoms with E-state index >= 15 is 0 Å². The van der Waals surface area contributed by atoms with Gasteiger partial charge in [0.05, 0.1) is 18.8 Å². The van der Waals surface area contributed by atoms with Crippen molar-refractivity contribution in [1.29, 1.82) is 0 Å². The van der Waals surface area contributed by atoms with Gasteiger partial charge in [-0.05, 0) is 42.5 Å². The standard InChI is InChI=1S/C19H24O2.C2H6/c1-4-15-5-7-16(8-6-15)17-9-11-18(12-10-17)19(2,3)21-14-13-20;1-2/h5-12,20H,4,13-14H2,1-3H3;1-2H3. The number of aryl methyl sites for hydroxylation is 1. The molecule has 0 radical (unpaired) electrons. The lowest BCUT2D eigenvalue weighted by atomic mass is 9.95. The first-order valence-corrected chi connectivity index (χ1v) is 8.51. The molecule has 0 aromatic heterocycles. The molecule has 2 aromatic carbocycles. The molecule has 1 N–H and O–H groups in total. The average Bonchev–Trinajstić information content (AvgIpc) is 2.62. The highest BCUT2D eigenvalue weighted by atomic mass is 16.5. The lowest BCUT2D eigenvalue weighted by molar-refractivity contribution is -0.0369. The van der Waals surface area contributed by atoms with Gasteiger partial charge in [-0.1, -0.05) is 69.3 Å². The van der Waals surface area contributed by atoms with Gasteiger partial charge in [0.2, 0.25) is 0 Å². The van der Waals surface area contributed by atoms with Crippen molar-refractivity contribution in [3.63, 3.8) is 0 Å². The van der Waals surface area contributed by atoms with Crippen LogP contribution in [0.3, 0.4) is 0 Å². The van der Waals surface area contributed by atoms with Crippen LogP contribution in [0.15, 0.2) is 48.5 Å². The van der Waals surface area contributed by atoms with Crippen molar-refractivity contribution in [1.82, 2.24) is 0 Å². The van der Waals surface area contributed by atoms with Crippen LogP contribution in [0.2, 0.25) is 0 Å². The minimum atomic E-state index is -0.382. The summed E-state index contributed by atoms with van der Waals surface area (Å²) in [6.45, 7) is 10.6. The first kappa shape index (κ1) is 19.4. The van der Waals surface area contributed by atoms with Crippen molar-refractivity contribution in [2.45, 2.75) is 46.6 Å². The van der Waals surface area contributed by atoms with E-state index in [2.05, 4.69) is 55.5 Å². The minimum Gasteiger partial charge on any atom is -0.394 e. The third kappa shape index (κ3) is 5.49. The monoisotopic (exact) mass is 314 g/mol. The van der Waals surface area contributed by atoms with Crippen LogP contribution in [0.4, 0.5) is 0 Å². The van der Waals surface area contributed by atoms with Crippen LogP contribution in [0.1, 0.15) is 45.7 Å². The van der Waals surface area contributed by atoms with Gasteiger partial charge in [-0.3, -0.25) is 0 Å².